The van der Waals surface area contributed by atoms with Crippen LogP contribution in [0.4, 0.5) is 0 Å². The zero-order valence-corrected chi connectivity index (χ0v) is 15.9. The summed E-state index contributed by atoms with van der Waals surface area (Å²) in [5.74, 6) is 0. The Morgan fingerprint density at radius 1 is 0.889 bits per heavy atom. The first-order valence-corrected chi connectivity index (χ1v) is 9.69. The van der Waals surface area contributed by atoms with Crippen LogP contribution in [0.5, 0.6) is 0 Å². The van der Waals surface area contributed by atoms with Gasteiger partial charge < -0.3 is 4.90 Å². The minimum absolute atomic E-state index is 0.265. The van der Waals surface area contributed by atoms with Gasteiger partial charge in [-0.2, -0.15) is 5.10 Å². The topological polar surface area (TPSA) is 37.2 Å². The van der Waals surface area contributed by atoms with Crippen LogP contribution >= 0.6 is 0 Å². The minimum Gasteiger partial charge on any atom is -0.300 e. The van der Waals surface area contributed by atoms with E-state index in [0.717, 1.165) is 39.1 Å². The first kappa shape index (κ1) is 17.9. The van der Waals surface area contributed by atoms with E-state index in [1.807, 2.05) is 30.3 Å². The van der Waals surface area contributed by atoms with Crippen molar-refractivity contribution >= 4 is 0 Å². The summed E-state index contributed by atoms with van der Waals surface area (Å²) in [6.07, 6.45) is 6.75. The Morgan fingerprint density at radius 3 is 2.30 bits per heavy atom. The quantitative estimate of drug-likeness (QED) is 0.677. The fourth-order valence-electron chi connectivity index (χ4n) is 3.94. The van der Waals surface area contributed by atoms with Crippen molar-refractivity contribution in [3.63, 3.8) is 0 Å². The number of aryl methyl sites for hydroxylation is 1. The van der Waals surface area contributed by atoms with E-state index in [0.29, 0.717) is 0 Å². The molecular weight excluding hydrogens is 334 g/mol. The lowest BCUT2D eigenvalue weighted by molar-refractivity contribution is 0.107. The van der Waals surface area contributed by atoms with Gasteiger partial charge in [0.25, 0.3) is 0 Å². The minimum atomic E-state index is 0.265. The van der Waals surface area contributed by atoms with Gasteiger partial charge in [0.2, 0.25) is 0 Å². The molecular formula is C22H27N5. The number of piperazine rings is 1. The summed E-state index contributed by atoms with van der Waals surface area (Å²) >= 11 is 0. The molecule has 0 aliphatic carbocycles. The normalized spacial score (nSPS) is 17.1. The molecule has 2 aromatic heterocycles. The van der Waals surface area contributed by atoms with Gasteiger partial charge >= 0.3 is 0 Å². The van der Waals surface area contributed by atoms with Crippen molar-refractivity contribution in [1.82, 2.24) is 24.6 Å². The smallest absolute Gasteiger partial charge is 0.0774 e. The van der Waals surface area contributed by atoms with Crippen molar-refractivity contribution in [2.45, 2.75) is 12.5 Å². The molecule has 1 aliphatic heterocycles. The molecule has 0 N–H and O–H groups in total. The summed E-state index contributed by atoms with van der Waals surface area (Å²) in [7, 11) is 2.04. The second-order valence-corrected chi connectivity index (χ2v) is 7.18. The highest BCUT2D eigenvalue weighted by Gasteiger charge is 2.27. The molecule has 5 nitrogen and oxygen atoms in total. The zero-order valence-electron chi connectivity index (χ0n) is 15.9. The van der Waals surface area contributed by atoms with Gasteiger partial charge in [0.15, 0.2) is 0 Å². The molecule has 1 atom stereocenters. The van der Waals surface area contributed by atoms with E-state index in [1.165, 1.54) is 16.8 Å². The molecule has 1 aliphatic rings. The van der Waals surface area contributed by atoms with Crippen LogP contribution < -0.4 is 0 Å². The summed E-state index contributed by atoms with van der Waals surface area (Å²) in [5, 5.41) is 4.41. The molecule has 0 bridgehead atoms. The summed E-state index contributed by atoms with van der Waals surface area (Å²) in [6.45, 7) is 5.46. The lowest BCUT2D eigenvalue weighted by Crippen LogP contribution is -2.48. The van der Waals surface area contributed by atoms with Crippen LogP contribution in [0.25, 0.3) is 0 Å². The van der Waals surface area contributed by atoms with Crippen molar-refractivity contribution in [2.24, 2.45) is 7.05 Å². The van der Waals surface area contributed by atoms with Crippen molar-refractivity contribution in [3.05, 3.63) is 83.9 Å². The summed E-state index contributed by atoms with van der Waals surface area (Å²) in [4.78, 5) is 9.27. The Labute approximate surface area is 161 Å². The predicted octanol–water partition coefficient (Wildman–Crippen LogP) is 2.76. The predicted molar refractivity (Wildman–Crippen MR) is 107 cm³/mol. The maximum absolute atomic E-state index is 4.41. The van der Waals surface area contributed by atoms with Gasteiger partial charge in [-0.1, -0.05) is 30.3 Å². The third kappa shape index (κ3) is 4.26. The third-order valence-corrected chi connectivity index (χ3v) is 5.49. The van der Waals surface area contributed by atoms with Crippen molar-refractivity contribution in [3.8, 4) is 0 Å². The van der Waals surface area contributed by atoms with Gasteiger partial charge in [0.05, 0.1) is 11.7 Å². The summed E-state index contributed by atoms with van der Waals surface area (Å²) < 4.78 is 2.01. The molecule has 3 aromatic rings. The Hall–Kier alpha value is -2.50. The molecule has 1 aromatic carbocycles. The number of aromatic nitrogens is 3. The average molecular weight is 361 g/mol. The van der Waals surface area contributed by atoms with Gasteiger partial charge in [-0.25, -0.2) is 0 Å². The van der Waals surface area contributed by atoms with Gasteiger partial charge in [-0.05, 0) is 35.7 Å². The van der Waals surface area contributed by atoms with Crippen molar-refractivity contribution in [1.29, 1.82) is 0 Å². The zero-order chi connectivity index (χ0) is 18.5. The monoisotopic (exact) mass is 361 g/mol. The van der Waals surface area contributed by atoms with Crippen LogP contribution in [0.1, 0.15) is 22.9 Å². The van der Waals surface area contributed by atoms with E-state index in [4.69, 9.17) is 0 Å². The number of benzene rings is 1. The first-order valence-electron chi connectivity index (χ1n) is 9.69. The number of hydrogen-bond donors (Lipinski definition) is 0. The SMILES string of the molecule is Cn1nccc1C(c1ccccc1)N1CCN(CCc2ccncc2)CC1. The largest absolute Gasteiger partial charge is 0.300 e. The van der Waals surface area contributed by atoms with E-state index >= 15 is 0 Å². The van der Waals surface area contributed by atoms with E-state index in [-0.39, 0.29) is 6.04 Å². The molecule has 5 heteroatoms. The van der Waals surface area contributed by atoms with E-state index < -0.39 is 0 Å². The number of nitrogens with zero attached hydrogens (tertiary/aromatic N) is 5. The van der Waals surface area contributed by atoms with Crippen molar-refractivity contribution in [2.75, 3.05) is 32.7 Å². The van der Waals surface area contributed by atoms with E-state index in [1.54, 1.807) is 0 Å². The maximum atomic E-state index is 4.41. The first-order chi connectivity index (χ1) is 13.3. The number of rotatable bonds is 6. The van der Waals surface area contributed by atoms with Crippen LogP contribution in [0.2, 0.25) is 0 Å². The Bertz CT molecular complexity index is 822. The summed E-state index contributed by atoms with van der Waals surface area (Å²) in [6, 6.07) is 17.4. The van der Waals surface area contributed by atoms with Crippen LogP contribution in [-0.4, -0.2) is 57.3 Å². The highest BCUT2D eigenvalue weighted by Crippen LogP contribution is 2.29. The van der Waals surface area contributed by atoms with Gasteiger partial charge in [-0.15, -0.1) is 0 Å². The second kappa shape index (κ2) is 8.46. The molecule has 1 saturated heterocycles. The third-order valence-electron chi connectivity index (χ3n) is 5.49. The van der Waals surface area contributed by atoms with E-state index in [9.17, 15) is 0 Å². The molecule has 0 radical (unpaired) electrons. The highest BCUT2D eigenvalue weighted by molar-refractivity contribution is 5.28. The lowest BCUT2D eigenvalue weighted by atomic mass is 10.0. The molecule has 3 heterocycles. The standard InChI is InChI=1S/C22H27N5/c1-25-21(9-13-24-25)22(20-5-3-2-4-6-20)27-17-15-26(16-18-27)14-10-19-7-11-23-12-8-19/h2-9,11-13,22H,10,14-18H2,1H3. The molecule has 27 heavy (non-hydrogen) atoms. The number of hydrogen-bond acceptors (Lipinski definition) is 4. The van der Waals surface area contributed by atoms with Gasteiger partial charge in [-0.3, -0.25) is 14.6 Å². The van der Waals surface area contributed by atoms with Gasteiger partial charge in [0, 0.05) is 58.4 Å². The van der Waals surface area contributed by atoms with Crippen LogP contribution in [0.15, 0.2) is 67.1 Å². The fraction of sp³-hybridized carbons (Fsp3) is 0.364. The molecule has 1 fully saturated rings. The Morgan fingerprint density at radius 2 is 1.63 bits per heavy atom. The lowest BCUT2D eigenvalue weighted by Gasteiger charge is -2.39. The molecule has 0 saturated carbocycles. The summed E-state index contributed by atoms with van der Waals surface area (Å²) in [5.41, 5.74) is 3.96. The fourth-order valence-corrected chi connectivity index (χ4v) is 3.94. The highest BCUT2D eigenvalue weighted by atomic mass is 15.3. The maximum Gasteiger partial charge on any atom is 0.0774 e. The molecule has 140 valence electrons. The molecule has 1 unspecified atom stereocenters. The second-order valence-electron chi connectivity index (χ2n) is 7.18. The van der Waals surface area contributed by atoms with Crippen LogP contribution in [0, 0.1) is 0 Å². The Balaban J connectivity index is 1.42. The molecule has 0 amide bonds. The average Bonchev–Trinajstić information content (AvgIpc) is 3.15. The molecule has 4 rings (SSSR count). The van der Waals surface area contributed by atoms with E-state index in [2.05, 4.69) is 68.4 Å². The van der Waals surface area contributed by atoms with Gasteiger partial charge in [0.1, 0.15) is 0 Å². The Kier molecular flexibility index (Phi) is 5.61. The number of pyridine rings is 1. The van der Waals surface area contributed by atoms with Crippen molar-refractivity contribution < 1.29 is 0 Å². The molecule has 0 spiro atoms. The van der Waals surface area contributed by atoms with Crippen LogP contribution in [-0.2, 0) is 13.5 Å². The van der Waals surface area contributed by atoms with Crippen LogP contribution in [0.3, 0.4) is 0 Å².